The number of nitrogens with zero attached hydrogens (tertiary/aromatic N) is 3. The number of carboxylic acid groups (broad SMARTS) is 1. The Hall–Kier alpha value is -1.89. The van der Waals surface area contributed by atoms with Crippen molar-refractivity contribution in [3.63, 3.8) is 0 Å². The Morgan fingerprint density at radius 1 is 1.53 bits per heavy atom. The largest absolute Gasteiger partial charge is 0.479 e. The van der Waals surface area contributed by atoms with Gasteiger partial charge in [-0.05, 0) is 13.0 Å². The lowest BCUT2D eigenvalue weighted by Crippen LogP contribution is -2.45. The van der Waals surface area contributed by atoms with Gasteiger partial charge in [-0.2, -0.15) is 5.10 Å². The van der Waals surface area contributed by atoms with Gasteiger partial charge in [0.1, 0.15) is 6.04 Å². The molecule has 1 fully saturated rings. The minimum atomic E-state index is -1.28. The molecule has 2 rings (SSSR count). The van der Waals surface area contributed by atoms with E-state index in [1.165, 1.54) is 12.0 Å². The lowest BCUT2D eigenvalue weighted by atomic mass is 10.0. The van der Waals surface area contributed by atoms with E-state index in [2.05, 4.69) is 5.10 Å². The zero-order valence-electron chi connectivity index (χ0n) is 10.9. The van der Waals surface area contributed by atoms with Crippen LogP contribution in [0.5, 0.6) is 0 Å². The van der Waals surface area contributed by atoms with Gasteiger partial charge in [0.25, 0.3) is 0 Å². The third kappa shape index (κ3) is 2.33. The van der Waals surface area contributed by atoms with Crippen LogP contribution in [0.1, 0.15) is 19.4 Å². The first-order valence-corrected chi connectivity index (χ1v) is 6.06. The number of carboxylic acids is 1. The summed E-state index contributed by atoms with van der Waals surface area (Å²) in [5.74, 6) is -1.18. The van der Waals surface area contributed by atoms with Crippen LogP contribution in [0.15, 0.2) is 18.5 Å². The molecule has 0 radical (unpaired) electrons. The molecule has 2 heterocycles. The van der Waals surface area contributed by atoms with E-state index in [1.54, 1.807) is 30.1 Å². The Bertz CT molecular complexity index is 473. The van der Waals surface area contributed by atoms with Crippen molar-refractivity contribution >= 4 is 11.9 Å². The van der Waals surface area contributed by atoms with Crippen molar-refractivity contribution < 1.29 is 19.4 Å². The summed E-state index contributed by atoms with van der Waals surface area (Å²) in [5, 5.41) is 13.2. The summed E-state index contributed by atoms with van der Waals surface area (Å²) in [6.07, 6.45) is 3.61. The molecule has 19 heavy (non-hydrogen) atoms. The first-order valence-electron chi connectivity index (χ1n) is 6.06. The number of hydrogen-bond donors (Lipinski definition) is 1. The quantitative estimate of drug-likeness (QED) is 0.839. The average Bonchev–Trinajstić information content (AvgIpc) is 3.06. The minimum Gasteiger partial charge on any atom is -0.479 e. The number of likely N-dealkylation sites (tertiary alicyclic amines) is 1. The first-order chi connectivity index (χ1) is 9.00. The molecule has 0 spiro atoms. The van der Waals surface area contributed by atoms with Crippen LogP contribution in [0.4, 0.5) is 0 Å². The Kier molecular flexibility index (Phi) is 3.57. The number of aromatic nitrogens is 2. The van der Waals surface area contributed by atoms with Crippen LogP contribution in [0.25, 0.3) is 0 Å². The molecule has 7 heteroatoms. The lowest BCUT2D eigenvalue weighted by Gasteiger charge is -2.24. The van der Waals surface area contributed by atoms with Gasteiger partial charge in [0.15, 0.2) is 5.60 Å². The van der Waals surface area contributed by atoms with Crippen LogP contribution in [0.3, 0.4) is 0 Å². The van der Waals surface area contributed by atoms with Crippen molar-refractivity contribution in [1.82, 2.24) is 14.7 Å². The topological polar surface area (TPSA) is 84.7 Å². The molecule has 1 aliphatic rings. The predicted molar refractivity (Wildman–Crippen MR) is 65.5 cm³/mol. The second-order valence-electron chi connectivity index (χ2n) is 4.68. The number of aliphatic carboxylic acids is 1. The summed E-state index contributed by atoms with van der Waals surface area (Å²) in [5.41, 5.74) is -1.28. The van der Waals surface area contributed by atoms with E-state index >= 15 is 0 Å². The molecule has 7 nitrogen and oxygen atoms in total. The van der Waals surface area contributed by atoms with Crippen molar-refractivity contribution in [1.29, 1.82) is 0 Å². The van der Waals surface area contributed by atoms with Crippen molar-refractivity contribution in [2.75, 3.05) is 20.2 Å². The smallest absolute Gasteiger partial charge is 0.337 e. The fourth-order valence-corrected chi connectivity index (χ4v) is 2.29. The zero-order valence-corrected chi connectivity index (χ0v) is 10.9. The normalized spacial score (nSPS) is 24.4. The molecule has 1 aromatic rings. The molecule has 1 aromatic heterocycles. The molecular weight excluding hydrogens is 250 g/mol. The fraction of sp³-hybridized carbons (Fsp3) is 0.583. The number of rotatable bonds is 4. The summed E-state index contributed by atoms with van der Waals surface area (Å²) < 4.78 is 6.65. The van der Waals surface area contributed by atoms with E-state index in [4.69, 9.17) is 4.74 Å². The molecule has 104 valence electrons. The number of hydrogen-bond acceptors (Lipinski definition) is 4. The molecule has 1 amide bonds. The molecule has 2 unspecified atom stereocenters. The highest BCUT2D eigenvalue weighted by atomic mass is 16.5. The summed E-state index contributed by atoms with van der Waals surface area (Å²) in [6, 6.07) is 1.29. The van der Waals surface area contributed by atoms with Crippen LogP contribution in [0.2, 0.25) is 0 Å². The second kappa shape index (κ2) is 5.00. The third-order valence-electron chi connectivity index (χ3n) is 3.60. The zero-order chi connectivity index (χ0) is 14.0. The van der Waals surface area contributed by atoms with Crippen molar-refractivity contribution in [2.24, 2.45) is 0 Å². The molecule has 0 aliphatic carbocycles. The van der Waals surface area contributed by atoms with E-state index in [0.717, 1.165) is 0 Å². The first kappa shape index (κ1) is 13.5. The molecular formula is C12H17N3O4. The van der Waals surface area contributed by atoms with E-state index < -0.39 is 17.6 Å². The number of carbonyl (C=O) groups is 2. The highest BCUT2D eigenvalue weighted by Crippen LogP contribution is 2.27. The predicted octanol–water partition coefficient (Wildman–Crippen LogP) is 0.146. The monoisotopic (exact) mass is 267 g/mol. The third-order valence-corrected chi connectivity index (χ3v) is 3.60. The molecule has 1 N–H and O–H groups in total. The Labute approximate surface area is 110 Å². The summed E-state index contributed by atoms with van der Waals surface area (Å²) in [6.45, 7) is 2.19. The number of ether oxygens (including phenoxy) is 1. The van der Waals surface area contributed by atoms with Crippen LogP contribution in [-0.2, 0) is 14.3 Å². The van der Waals surface area contributed by atoms with E-state index in [-0.39, 0.29) is 12.5 Å². The van der Waals surface area contributed by atoms with Gasteiger partial charge in [0, 0.05) is 32.5 Å². The number of carbonyl (C=O) groups excluding carboxylic acids is 1. The summed E-state index contributed by atoms with van der Waals surface area (Å²) >= 11 is 0. The molecule has 0 saturated carbocycles. The van der Waals surface area contributed by atoms with Crippen molar-refractivity contribution in [3.05, 3.63) is 18.5 Å². The van der Waals surface area contributed by atoms with E-state index in [9.17, 15) is 14.7 Å². The highest BCUT2D eigenvalue weighted by molar-refractivity contribution is 5.84. The highest BCUT2D eigenvalue weighted by Gasteiger charge is 2.47. The van der Waals surface area contributed by atoms with Gasteiger partial charge in [-0.15, -0.1) is 0 Å². The van der Waals surface area contributed by atoms with Gasteiger partial charge in [-0.25, -0.2) is 4.79 Å². The Morgan fingerprint density at radius 3 is 2.74 bits per heavy atom. The molecule has 0 bridgehead atoms. The van der Waals surface area contributed by atoms with Crippen LogP contribution in [-0.4, -0.2) is 57.5 Å². The second-order valence-corrected chi connectivity index (χ2v) is 4.68. The van der Waals surface area contributed by atoms with Gasteiger partial charge < -0.3 is 14.7 Å². The molecule has 1 aliphatic heterocycles. The summed E-state index contributed by atoms with van der Waals surface area (Å²) in [7, 11) is 1.36. The van der Waals surface area contributed by atoms with E-state index in [1.807, 2.05) is 0 Å². The molecule has 2 atom stereocenters. The van der Waals surface area contributed by atoms with Crippen molar-refractivity contribution in [3.8, 4) is 0 Å². The van der Waals surface area contributed by atoms with Gasteiger partial charge in [0.05, 0.1) is 6.54 Å². The molecule has 1 saturated heterocycles. The van der Waals surface area contributed by atoms with Crippen LogP contribution >= 0.6 is 0 Å². The lowest BCUT2D eigenvalue weighted by molar-refractivity contribution is -0.161. The van der Waals surface area contributed by atoms with Crippen LogP contribution in [0, 0.1) is 0 Å². The maximum absolute atomic E-state index is 12.3. The Balaban J connectivity index is 2.08. The number of methoxy groups -OCH3 is 1. The minimum absolute atomic E-state index is 0.0727. The van der Waals surface area contributed by atoms with Crippen LogP contribution < -0.4 is 0 Å². The Morgan fingerprint density at radius 2 is 2.26 bits per heavy atom. The standard InChI is InChI=1S/C12H17N3O4/c1-9(15-6-3-5-13-15)10(16)14-7-4-12(8-14,19-2)11(17)18/h3,5-6,9H,4,7-8H2,1-2H3,(H,17,18). The van der Waals surface area contributed by atoms with Crippen molar-refractivity contribution in [2.45, 2.75) is 25.0 Å². The van der Waals surface area contributed by atoms with Gasteiger partial charge in [-0.3, -0.25) is 9.48 Å². The maximum atomic E-state index is 12.3. The molecule has 0 aromatic carbocycles. The van der Waals surface area contributed by atoms with Gasteiger partial charge in [0.2, 0.25) is 5.91 Å². The fourth-order valence-electron chi connectivity index (χ4n) is 2.29. The maximum Gasteiger partial charge on any atom is 0.337 e. The average molecular weight is 267 g/mol. The van der Waals surface area contributed by atoms with Gasteiger partial charge >= 0.3 is 5.97 Å². The van der Waals surface area contributed by atoms with E-state index in [0.29, 0.717) is 13.0 Å². The van der Waals surface area contributed by atoms with Gasteiger partial charge in [-0.1, -0.05) is 0 Å². The SMILES string of the molecule is COC1(C(=O)O)CCN(C(=O)C(C)n2cccn2)C1. The summed E-state index contributed by atoms with van der Waals surface area (Å²) in [4.78, 5) is 25.0. The number of amides is 1.